The monoisotopic (exact) mass is 306 g/mol. The topological polar surface area (TPSA) is 73.4 Å². The van der Waals surface area contributed by atoms with Gasteiger partial charge >= 0.3 is 0 Å². The molecule has 22 heavy (non-hydrogen) atoms. The Hall–Kier alpha value is -1.62. The number of piperidine rings is 1. The van der Waals surface area contributed by atoms with Gasteiger partial charge in [-0.1, -0.05) is 6.92 Å². The van der Waals surface area contributed by atoms with E-state index in [1.54, 1.807) is 4.90 Å². The van der Waals surface area contributed by atoms with E-state index in [4.69, 9.17) is 0 Å². The molecule has 122 valence electrons. The van der Waals surface area contributed by atoms with Crippen LogP contribution in [0.4, 0.5) is 0 Å². The molecule has 1 saturated heterocycles. The van der Waals surface area contributed by atoms with Crippen LogP contribution in [0.15, 0.2) is 0 Å². The van der Waals surface area contributed by atoms with Gasteiger partial charge in [0.2, 0.25) is 0 Å². The number of ketones is 1. The summed E-state index contributed by atoms with van der Waals surface area (Å²) < 4.78 is 0. The molecule has 1 fully saturated rings. The largest absolute Gasteiger partial charge is 0.390 e. The highest BCUT2D eigenvalue weighted by atomic mass is 16.3. The number of aromatic nitrogens is 1. The molecule has 1 aromatic rings. The van der Waals surface area contributed by atoms with E-state index in [-0.39, 0.29) is 17.6 Å². The van der Waals surface area contributed by atoms with E-state index < -0.39 is 5.60 Å². The zero-order valence-electron chi connectivity index (χ0n) is 14.1. The number of carbonyl (C=O) groups excluding carboxylic acids is 2. The van der Waals surface area contributed by atoms with Crippen LogP contribution in [0.3, 0.4) is 0 Å². The highest BCUT2D eigenvalue weighted by molar-refractivity contribution is 6.02. The fourth-order valence-electron chi connectivity index (χ4n) is 3.45. The highest BCUT2D eigenvalue weighted by Crippen LogP contribution is 2.31. The maximum atomic E-state index is 12.9. The second-order valence-corrected chi connectivity index (χ2v) is 6.64. The lowest BCUT2D eigenvalue weighted by Gasteiger charge is -2.42. The van der Waals surface area contributed by atoms with E-state index in [1.165, 1.54) is 6.92 Å². The summed E-state index contributed by atoms with van der Waals surface area (Å²) in [6.45, 7) is 10.1. The molecule has 2 rings (SSSR count). The van der Waals surface area contributed by atoms with Gasteiger partial charge in [0.1, 0.15) is 0 Å². The minimum absolute atomic E-state index is 0.0484. The van der Waals surface area contributed by atoms with Crippen LogP contribution in [-0.2, 0) is 0 Å². The number of amides is 1. The molecule has 0 unspecified atom stereocenters. The van der Waals surface area contributed by atoms with Gasteiger partial charge in [0.15, 0.2) is 5.78 Å². The van der Waals surface area contributed by atoms with Crippen molar-refractivity contribution in [3.63, 3.8) is 0 Å². The summed E-state index contributed by atoms with van der Waals surface area (Å²) >= 11 is 0. The number of nitrogens with one attached hydrogen (secondary N) is 1. The Morgan fingerprint density at radius 3 is 2.55 bits per heavy atom. The second kappa shape index (κ2) is 5.88. The van der Waals surface area contributed by atoms with Crippen molar-refractivity contribution >= 4 is 11.7 Å². The predicted molar refractivity (Wildman–Crippen MR) is 85.2 cm³/mol. The van der Waals surface area contributed by atoms with Gasteiger partial charge in [-0.15, -0.1) is 0 Å². The van der Waals surface area contributed by atoms with Gasteiger partial charge < -0.3 is 15.0 Å². The van der Waals surface area contributed by atoms with Crippen molar-refractivity contribution in [2.75, 3.05) is 13.1 Å². The molecule has 1 amide bonds. The molecule has 0 spiro atoms. The Labute approximate surface area is 131 Å². The van der Waals surface area contributed by atoms with Crippen molar-refractivity contribution in [2.24, 2.45) is 5.92 Å². The number of aliphatic hydroxyl groups is 1. The standard InChI is InChI=1S/C17H26N2O3/c1-6-13-9-19(8-7-17(13,5)22)16(21)14-10(2)15(12(4)20)18-11(14)3/h13,18,22H,6-9H2,1-5H3/t13-,17+/m1/s1. The SMILES string of the molecule is CC[C@@H]1CN(C(=O)c2c(C)[nH]c(C(C)=O)c2C)CC[C@]1(C)O. The van der Waals surface area contributed by atoms with Gasteiger partial charge in [0.25, 0.3) is 5.91 Å². The van der Waals surface area contributed by atoms with Crippen LogP contribution in [0, 0.1) is 19.8 Å². The molecular weight excluding hydrogens is 280 g/mol. The summed E-state index contributed by atoms with van der Waals surface area (Å²) in [5, 5.41) is 10.4. The van der Waals surface area contributed by atoms with Crippen LogP contribution in [-0.4, -0.2) is 45.4 Å². The third-order valence-corrected chi connectivity index (χ3v) is 4.99. The number of carbonyl (C=O) groups is 2. The maximum absolute atomic E-state index is 12.9. The normalized spacial score (nSPS) is 25.4. The lowest BCUT2D eigenvalue weighted by Crippen LogP contribution is -2.51. The number of Topliss-reactive ketones (excluding diaryl/α,β-unsaturated/α-hetero) is 1. The molecule has 0 aromatic carbocycles. The molecule has 1 aliphatic rings. The van der Waals surface area contributed by atoms with Crippen molar-refractivity contribution in [3.8, 4) is 0 Å². The third kappa shape index (κ3) is 2.82. The molecule has 5 nitrogen and oxygen atoms in total. The highest BCUT2D eigenvalue weighted by Gasteiger charge is 2.38. The number of rotatable bonds is 3. The van der Waals surface area contributed by atoms with E-state index in [9.17, 15) is 14.7 Å². The molecular formula is C17H26N2O3. The number of aryl methyl sites for hydroxylation is 1. The summed E-state index contributed by atoms with van der Waals surface area (Å²) in [6.07, 6.45) is 1.42. The molecule has 5 heteroatoms. The van der Waals surface area contributed by atoms with E-state index in [1.807, 2.05) is 27.7 Å². The fraction of sp³-hybridized carbons (Fsp3) is 0.647. The first-order chi connectivity index (χ1) is 10.2. The molecule has 0 radical (unpaired) electrons. The van der Waals surface area contributed by atoms with Gasteiger partial charge in [0, 0.05) is 31.6 Å². The van der Waals surface area contributed by atoms with Crippen LogP contribution in [0.2, 0.25) is 0 Å². The van der Waals surface area contributed by atoms with Crippen molar-refractivity contribution in [3.05, 3.63) is 22.5 Å². The Morgan fingerprint density at radius 2 is 2.05 bits per heavy atom. The van der Waals surface area contributed by atoms with Gasteiger partial charge in [-0.05, 0) is 39.2 Å². The number of nitrogens with zero attached hydrogens (tertiary/aromatic N) is 1. The fourth-order valence-corrected chi connectivity index (χ4v) is 3.45. The molecule has 0 saturated carbocycles. The average molecular weight is 306 g/mol. The van der Waals surface area contributed by atoms with E-state index >= 15 is 0 Å². The van der Waals surface area contributed by atoms with Gasteiger partial charge in [-0.3, -0.25) is 9.59 Å². The Kier molecular flexibility index (Phi) is 4.47. The molecule has 1 aromatic heterocycles. The summed E-state index contributed by atoms with van der Waals surface area (Å²) in [7, 11) is 0. The summed E-state index contributed by atoms with van der Waals surface area (Å²) in [5.74, 6) is -0.0302. The Morgan fingerprint density at radius 1 is 1.41 bits per heavy atom. The summed E-state index contributed by atoms with van der Waals surface area (Å²) in [4.78, 5) is 29.3. The lowest BCUT2D eigenvalue weighted by molar-refractivity contribution is -0.0521. The number of likely N-dealkylation sites (tertiary alicyclic amines) is 1. The Bertz CT molecular complexity index is 601. The van der Waals surface area contributed by atoms with Crippen LogP contribution in [0.1, 0.15) is 65.7 Å². The van der Waals surface area contributed by atoms with E-state index in [0.717, 1.165) is 17.7 Å². The minimum atomic E-state index is -0.710. The van der Waals surface area contributed by atoms with Crippen molar-refractivity contribution in [1.82, 2.24) is 9.88 Å². The molecule has 2 heterocycles. The first kappa shape index (κ1) is 16.7. The average Bonchev–Trinajstić information content (AvgIpc) is 2.73. The van der Waals surface area contributed by atoms with Crippen LogP contribution in [0.5, 0.6) is 0 Å². The van der Waals surface area contributed by atoms with Crippen molar-refractivity contribution in [2.45, 2.75) is 53.1 Å². The maximum Gasteiger partial charge on any atom is 0.255 e. The summed E-state index contributed by atoms with van der Waals surface area (Å²) in [6, 6.07) is 0. The van der Waals surface area contributed by atoms with E-state index in [2.05, 4.69) is 4.98 Å². The smallest absolute Gasteiger partial charge is 0.255 e. The summed E-state index contributed by atoms with van der Waals surface area (Å²) in [5.41, 5.74) is 1.86. The zero-order chi connectivity index (χ0) is 16.7. The molecule has 1 aliphatic heterocycles. The number of H-pyrrole nitrogens is 1. The molecule has 0 bridgehead atoms. The number of aromatic amines is 1. The third-order valence-electron chi connectivity index (χ3n) is 4.99. The Balaban J connectivity index is 2.28. The minimum Gasteiger partial charge on any atom is -0.390 e. The van der Waals surface area contributed by atoms with Crippen LogP contribution in [0.25, 0.3) is 0 Å². The lowest BCUT2D eigenvalue weighted by atomic mass is 9.80. The molecule has 2 atom stereocenters. The van der Waals surface area contributed by atoms with Crippen LogP contribution >= 0.6 is 0 Å². The van der Waals surface area contributed by atoms with Gasteiger partial charge in [-0.25, -0.2) is 0 Å². The second-order valence-electron chi connectivity index (χ2n) is 6.64. The molecule has 0 aliphatic carbocycles. The quantitative estimate of drug-likeness (QED) is 0.843. The predicted octanol–water partition coefficient (Wildman–Crippen LogP) is 2.46. The number of hydrogen-bond acceptors (Lipinski definition) is 3. The number of hydrogen-bond donors (Lipinski definition) is 2. The molecule has 2 N–H and O–H groups in total. The van der Waals surface area contributed by atoms with Crippen molar-refractivity contribution in [1.29, 1.82) is 0 Å². The zero-order valence-corrected chi connectivity index (χ0v) is 14.1. The van der Waals surface area contributed by atoms with Crippen molar-refractivity contribution < 1.29 is 14.7 Å². The van der Waals surface area contributed by atoms with Gasteiger partial charge in [-0.2, -0.15) is 0 Å². The van der Waals surface area contributed by atoms with E-state index in [0.29, 0.717) is 30.8 Å². The first-order valence-electron chi connectivity index (χ1n) is 7.90. The van der Waals surface area contributed by atoms with Gasteiger partial charge in [0.05, 0.1) is 16.9 Å². The van der Waals surface area contributed by atoms with Crippen LogP contribution < -0.4 is 0 Å². The first-order valence-corrected chi connectivity index (χ1v) is 7.90.